The number of halogens is 3. The van der Waals surface area contributed by atoms with Crippen molar-refractivity contribution in [1.82, 2.24) is 5.32 Å². The van der Waals surface area contributed by atoms with Gasteiger partial charge in [-0.1, -0.05) is 68.6 Å². The maximum atomic E-state index is 6.38. The van der Waals surface area contributed by atoms with Gasteiger partial charge in [0.05, 0.1) is 0 Å². The van der Waals surface area contributed by atoms with Gasteiger partial charge in [-0.15, -0.1) is 0 Å². The molecule has 1 atom stereocenters. The molecule has 20 heavy (non-hydrogen) atoms. The lowest BCUT2D eigenvalue weighted by Gasteiger charge is -2.20. The molecule has 0 aliphatic carbocycles. The van der Waals surface area contributed by atoms with Crippen molar-refractivity contribution in [3.63, 3.8) is 0 Å². The molecule has 0 amide bonds. The minimum atomic E-state index is 0.218. The van der Waals surface area contributed by atoms with Crippen molar-refractivity contribution in [2.75, 3.05) is 6.54 Å². The molecule has 0 heterocycles. The summed E-state index contributed by atoms with van der Waals surface area (Å²) in [6.45, 7) is 3.02. The number of hydrogen-bond donors (Lipinski definition) is 1. The van der Waals surface area contributed by atoms with Crippen molar-refractivity contribution in [3.8, 4) is 0 Å². The summed E-state index contributed by atoms with van der Waals surface area (Å²) < 4.78 is 2.11. The van der Waals surface area contributed by atoms with Gasteiger partial charge >= 0.3 is 0 Å². The van der Waals surface area contributed by atoms with Gasteiger partial charge in [0.1, 0.15) is 0 Å². The number of benzene rings is 2. The molecule has 0 aromatic heterocycles. The Morgan fingerprint density at radius 2 is 1.85 bits per heavy atom. The van der Waals surface area contributed by atoms with Crippen LogP contribution in [0.25, 0.3) is 0 Å². The number of hydrogen-bond acceptors (Lipinski definition) is 1. The lowest BCUT2D eigenvalue weighted by molar-refractivity contribution is 0.550. The molecule has 4 heteroatoms. The fourth-order valence-electron chi connectivity index (χ4n) is 2.22. The summed E-state index contributed by atoms with van der Waals surface area (Å²) in [5.41, 5.74) is 2.42. The fraction of sp³-hybridized carbons (Fsp3) is 0.250. The van der Waals surface area contributed by atoms with Crippen molar-refractivity contribution in [3.05, 3.63) is 67.6 Å². The topological polar surface area (TPSA) is 12.0 Å². The summed E-state index contributed by atoms with van der Waals surface area (Å²) in [6.07, 6.45) is 0.911. The standard InChI is InChI=1S/C16H16Br2ClN/c1-2-20-16(9-11-4-3-5-12(17)8-11)14-7-6-13(18)10-15(14)19/h3-8,10,16,20H,2,9H2,1H3. The summed E-state index contributed by atoms with van der Waals surface area (Å²) in [4.78, 5) is 0. The van der Waals surface area contributed by atoms with Crippen LogP contribution >= 0.6 is 43.5 Å². The smallest absolute Gasteiger partial charge is 0.0465 e. The first-order valence-electron chi connectivity index (χ1n) is 6.53. The van der Waals surface area contributed by atoms with Crippen LogP contribution in [0.1, 0.15) is 24.1 Å². The molecule has 0 aliphatic rings. The highest BCUT2D eigenvalue weighted by atomic mass is 79.9. The SMILES string of the molecule is CCNC(Cc1cccc(Br)c1)c1ccc(Br)cc1Cl. The predicted molar refractivity (Wildman–Crippen MR) is 93.4 cm³/mol. The molecule has 0 saturated heterocycles. The highest BCUT2D eigenvalue weighted by Crippen LogP contribution is 2.29. The maximum Gasteiger partial charge on any atom is 0.0465 e. The maximum absolute atomic E-state index is 6.38. The third-order valence-electron chi connectivity index (χ3n) is 3.12. The summed E-state index contributed by atoms with van der Waals surface area (Å²) >= 11 is 13.3. The van der Waals surface area contributed by atoms with Crippen LogP contribution in [0.4, 0.5) is 0 Å². The van der Waals surface area contributed by atoms with E-state index in [-0.39, 0.29) is 6.04 Å². The average Bonchev–Trinajstić information content (AvgIpc) is 2.38. The van der Waals surface area contributed by atoms with Crippen LogP contribution in [0.3, 0.4) is 0 Å². The number of likely N-dealkylation sites (N-methyl/N-ethyl adjacent to an activating group) is 1. The Morgan fingerprint density at radius 1 is 1.10 bits per heavy atom. The Labute approximate surface area is 142 Å². The minimum Gasteiger partial charge on any atom is -0.310 e. The van der Waals surface area contributed by atoms with E-state index < -0.39 is 0 Å². The van der Waals surface area contributed by atoms with E-state index >= 15 is 0 Å². The fourth-order valence-corrected chi connectivity index (χ4v) is 3.47. The molecule has 0 bridgehead atoms. The number of nitrogens with one attached hydrogen (secondary N) is 1. The molecule has 0 saturated carbocycles. The van der Waals surface area contributed by atoms with E-state index in [1.165, 1.54) is 5.56 Å². The summed E-state index contributed by atoms with van der Waals surface area (Å²) in [6, 6.07) is 14.7. The predicted octanol–water partition coefficient (Wildman–Crippen LogP) is 5.76. The van der Waals surface area contributed by atoms with Crippen LogP contribution in [-0.2, 0) is 6.42 Å². The van der Waals surface area contributed by atoms with Gasteiger partial charge in [0.25, 0.3) is 0 Å². The third kappa shape index (κ3) is 4.32. The van der Waals surface area contributed by atoms with Gasteiger partial charge in [-0.2, -0.15) is 0 Å². The van der Waals surface area contributed by atoms with Gasteiger partial charge in [-0.3, -0.25) is 0 Å². The van der Waals surface area contributed by atoms with Gasteiger partial charge in [0.2, 0.25) is 0 Å². The van der Waals surface area contributed by atoms with Crippen LogP contribution in [0.5, 0.6) is 0 Å². The van der Waals surface area contributed by atoms with E-state index in [9.17, 15) is 0 Å². The second kappa shape index (κ2) is 7.60. The Bertz CT molecular complexity index is 586. The Kier molecular flexibility index (Phi) is 6.09. The average molecular weight is 418 g/mol. The molecule has 2 aromatic carbocycles. The van der Waals surface area contributed by atoms with Gasteiger partial charge < -0.3 is 5.32 Å². The molecule has 0 aliphatic heterocycles. The lowest BCUT2D eigenvalue weighted by Crippen LogP contribution is -2.23. The molecule has 2 rings (SSSR count). The second-order valence-electron chi connectivity index (χ2n) is 4.61. The molecule has 106 valence electrons. The zero-order valence-electron chi connectivity index (χ0n) is 11.2. The van der Waals surface area contributed by atoms with Gasteiger partial charge in [-0.05, 0) is 48.4 Å². The normalized spacial score (nSPS) is 12.4. The highest BCUT2D eigenvalue weighted by Gasteiger charge is 2.14. The molecule has 0 radical (unpaired) electrons. The highest BCUT2D eigenvalue weighted by molar-refractivity contribution is 9.10. The molecular weight excluding hydrogens is 401 g/mol. The van der Waals surface area contributed by atoms with Crippen LogP contribution < -0.4 is 5.32 Å². The molecule has 1 unspecified atom stereocenters. The molecule has 0 fully saturated rings. The van der Waals surface area contributed by atoms with E-state index in [0.717, 1.165) is 32.5 Å². The van der Waals surface area contributed by atoms with E-state index in [0.29, 0.717) is 0 Å². The number of rotatable bonds is 5. The first-order chi connectivity index (χ1) is 9.60. The molecule has 0 spiro atoms. The Morgan fingerprint density at radius 3 is 2.50 bits per heavy atom. The van der Waals surface area contributed by atoms with Gasteiger partial charge in [0.15, 0.2) is 0 Å². The molecular formula is C16H16Br2ClN. The van der Waals surface area contributed by atoms with Gasteiger partial charge in [-0.25, -0.2) is 0 Å². The summed E-state index contributed by atoms with van der Waals surface area (Å²) in [5.74, 6) is 0. The van der Waals surface area contributed by atoms with Crippen molar-refractivity contribution in [1.29, 1.82) is 0 Å². The van der Waals surface area contributed by atoms with Crippen LogP contribution in [0.15, 0.2) is 51.4 Å². The zero-order chi connectivity index (χ0) is 14.5. The molecule has 2 aromatic rings. The molecule has 1 N–H and O–H groups in total. The Hall–Kier alpha value is -0.350. The quantitative estimate of drug-likeness (QED) is 0.652. The molecule has 1 nitrogen and oxygen atoms in total. The second-order valence-corrected chi connectivity index (χ2v) is 6.85. The lowest BCUT2D eigenvalue weighted by atomic mass is 9.99. The van der Waals surface area contributed by atoms with Crippen molar-refractivity contribution in [2.45, 2.75) is 19.4 Å². The van der Waals surface area contributed by atoms with E-state index in [1.807, 2.05) is 18.2 Å². The van der Waals surface area contributed by atoms with E-state index in [4.69, 9.17) is 11.6 Å². The van der Waals surface area contributed by atoms with E-state index in [1.54, 1.807) is 0 Å². The Balaban J connectivity index is 2.26. The van der Waals surface area contributed by atoms with Crippen LogP contribution in [-0.4, -0.2) is 6.54 Å². The van der Waals surface area contributed by atoms with Crippen molar-refractivity contribution < 1.29 is 0 Å². The van der Waals surface area contributed by atoms with Gasteiger partial charge in [0, 0.05) is 20.0 Å². The first-order valence-corrected chi connectivity index (χ1v) is 8.49. The summed E-state index contributed by atoms with van der Waals surface area (Å²) in [5, 5.41) is 4.30. The van der Waals surface area contributed by atoms with Crippen molar-refractivity contribution in [2.24, 2.45) is 0 Å². The summed E-state index contributed by atoms with van der Waals surface area (Å²) in [7, 11) is 0. The van der Waals surface area contributed by atoms with Crippen molar-refractivity contribution >= 4 is 43.5 Å². The monoisotopic (exact) mass is 415 g/mol. The van der Waals surface area contributed by atoms with E-state index in [2.05, 4.69) is 68.4 Å². The zero-order valence-corrected chi connectivity index (χ0v) is 15.1. The largest absolute Gasteiger partial charge is 0.310 e. The van der Waals surface area contributed by atoms with Crippen LogP contribution in [0.2, 0.25) is 5.02 Å². The first kappa shape index (κ1) is 16.0. The van der Waals surface area contributed by atoms with Crippen LogP contribution in [0, 0.1) is 0 Å². The third-order valence-corrected chi connectivity index (χ3v) is 4.43. The minimum absolute atomic E-state index is 0.218.